The molecule has 1 atom stereocenters. The van der Waals surface area contributed by atoms with E-state index in [1.165, 1.54) is 18.3 Å². The number of alkyl halides is 3. The number of halogens is 3. The van der Waals surface area contributed by atoms with Gasteiger partial charge in [0.25, 0.3) is 0 Å². The van der Waals surface area contributed by atoms with Gasteiger partial charge in [0.05, 0.1) is 11.7 Å². The van der Waals surface area contributed by atoms with Crippen molar-refractivity contribution >= 4 is 28.2 Å². The zero-order valence-electron chi connectivity index (χ0n) is 17.2. The molecule has 1 aliphatic carbocycles. The highest BCUT2D eigenvalue weighted by atomic mass is 32.1. The largest absolute Gasteiger partial charge is 0.459 e. The monoisotopic (exact) mass is 443 g/mol. The van der Waals surface area contributed by atoms with Crippen molar-refractivity contribution in [3.05, 3.63) is 33.5 Å². The molecule has 6 nitrogen and oxygen atoms in total. The van der Waals surface area contributed by atoms with Crippen LogP contribution in [0.15, 0.2) is 6.07 Å². The van der Waals surface area contributed by atoms with Gasteiger partial charge in [-0.05, 0) is 57.6 Å². The van der Waals surface area contributed by atoms with Crippen molar-refractivity contribution in [1.29, 1.82) is 0 Å². The van der Waals surface area contributed by atoms with E-state index in [1.807, 2.05) is 0 Å². The zero-order valence-corrected chi connectivity index (χ0v) is 18.0. The summed E-state index contributed by atoms with van der Waals surface area (Å²) in [4.78, 5) is 26.3. The maximum Gasteiger partial charge on any atom is 0.435 e. The lowest BCUT2D eigenvalue weighted by Gasteiger charge is -2.18. The molecule has 0 saturated heterocycles. The van der Waals surface area contributed by atoms with Gasteiger partial charge in [-0.2, -0.15) is 18.3 Å². The molecule has 0 aliphatic heterocycles. The van der Waals surface area contributed by atoms with Crippen LogP contribution in [0.4, 0.5) is 18.2 Å². The van der Waals surface area contributed by atoms with Gasteiger partial charge in [0.15, 0.2) is 5.69 Å². The van der Waals surface area contributed by atoms with E-state index >= 15 is 0 Å². The summed E-state index contributed by atoms with van der Waals surface area (Å²) in [6.45, 7) is 6.68. The van der Waals surface area contributed by atoms with Crippen LogP contribution in [-0.4, -0.2) is 27.8 Å². The van der Waals surface area contributed by atoms with Crippen LogP contribution in [0.2, 0.25) is 0 Å². The van der Waals surface area contributed by atoms with E-state index in [2.05, 4.69) is 17.3 Å². The number of aryl methyl sites for hydroxylation is 1. The molecule has 1 amide bonds. The number of rotatable bonds is 5. The van der Waals surface area contributed by atoms with Gasteiger partial charge in [0.1, 0.15) is 11.5 Å². The van der Waals surface area contributed by atoms with Gasteiger partial charge in [0.2, 0.25) is 5.91 Å². The van der Waals surface area contributed by atoms with E-state index < -0.39 is 23.7 Å². The number of carbonyl (C=O) groups excluding carboxylic acids is 2. The number of thiophene rings is 1. The van der Waals surface area contributed by atoms with Crippen LogP contribution in [0.3, 0.4) is 0 Å². The first-order chi connectivity index (χ1) is 14.0. The molecule has 2 aromatic rings. The summed E-state index contributed by atoms with van der Waals surface area (Å²) in [5.41, 5.74) is 0.427. The molecule has 0 saturated carbocycles. The van der Waals surface area contributed by atoms with Crippen LogP contribution < -0.4 is 5.32 Å². The van der Waals surface area contributed by atoms with Crippen LogP contribution in [-0.2, 0) is 35.1 Å². The lowest BCUT2D eigenvalue weighted by Crippen LogP contribution is -2.22. The van der Waals surface area contributed by atoms with E-state index in [4.69, 9.17) is 4.74 Å². The highest BCUT2D eigenvalue weighted by Gasteiger charge is 2.35. The van der Waals surface area contributed by atoms with Crippen LogP contribution in [0.1, 0.15) is 59.4 Å². The molecule has 0 aromatic carbocycles. The number of aromatic nitrogens is 2. The normalized spacial score (nSPS) is 16.5. The zero-order chi connectivity index (χ0) is 22.2. The summed E-state index contributed by atoms with van der Waals surface area (Å²) in [5, 5.41) is 6.55. The molecule has 0 spiro atoms. The summed E-state index contributed by atoms with van der Waals surface area (Å²) in [5.74, 6) is -0.580. The van der Waals surface area contributed by atoms with E-state index in [0.29, 0.717) is 16.5 Å². The minimum absolute atomic E-state index is 0.219. The molecule has 1 aliphatic rings. The maximum atomic E-state index is 12.8. The lowest BCUT2D eigenvalue weighted by atomic mass is 9.88. The standard InChI is InChI=1S/C20H24F3N3O3S/c1-10(2)29-19(28)17-13-6-5-11(3)7-14(13)30-18(17)24-16(27)9-26-12(4)8-15(25-26)20(21,22)23/h8,10-11H,5-7,9H2,1-4H3,(H,24,27)/t11-/m1/s1. The van der Waals surface area contributed by atoms with Crippen molar-refractivity contribution in [3.63, 3.8) is 0 Å². The van der Waals surface area contributed by atoms with Gasteiger partial charge >= 0.3 is 12.1 Å². The Labute approximate surface area is 176 Å². The molecule has 0 fully saturated rings. The molecule has 164 valence electrons. The number of hydrogen-bond acceptors (Lipinski definition) is 5. The maximum absolute atomic E-state index is 12.8. The smallest absolute Gasteiger partial charge is 0.435 e. The van der Waals surface area contributed by atoms with Gasteiger partial charge in [-0.3, -0.25) is 9.48 Å². The molecule has 3 rings (SSSR count). The Morgan fingerprint density at radius 2 is 2.10 bits per heavy atom. The van der Waals surface area contributed by atoms with Gasteiger partial charge in [-0.25, -0.2) is 4.79 Å². The Morgan fingerprint density at radius 1 is 1.40 bits per heavy atom. The fourth-order valence-corrected chi connectivity index (χ4v) is 4.85. The van der Waals surface area contributed by atoms with E-state index in [-0.39, 0.29) is 18.3 Å². The first-order valence-electron chi connectivity index (χ1n) is 9.72. The molecule has 0 radical (unpaired) electrons. The second-order valence-corrected chi connectivity index (χ2v) is 8.99. The minimum Gasteiger partial charge on any atom is -0.459 e. The molecular weight excluding hydrogens is 419 g/mol. The van der Waals surface area contributed by atoms with Crippen molar-refractivity contribution in [2.24, 2.45) is 5.92 Å². The Hall–Kier alpha value is -2.36. The first-order valence-corrected chi connectivity index (χ1v) is 10.5. The average molecular weight is 443 g/mol. The fraction of sp³-hybridized carbons (Fsp3) is 0.550. The first kappa shape index (κ1) is 22.3. The second kappa shape index (κ2) is 8.41. The summed E-state index contributed by atoms with van der Waals surface area (Å²) in [6, 6.07) is 0.893. The lowest BCUT2D eigenvalue weighted by molar-refractivity contribution is -0.141. The number of fused-ring (bicyclic) bond motifs is 1. The highest BCUT2D eigenvalue weighted by Crippen LogP contribution is 2.40. The number of anilines is 1. The Morgan fingerprint density at radius 3 is 2.70 bits per heavy atom. The number of hydrogen-bond donors (Lipinski definition) is 1. The van der Waals surface area contributed by atoms with Crippen LogP contribution >= 0.6 is 11.3 Å². The number of esters is 1. The summed E-state index contributed by atoms with van der Waals surface area (Å²) in [7, 11) is 0. The Bertz CT molecular complexity index is 963. The number of nitrogens with one attached hydrogen (secondary N) is 1. The number of ether oxygens (including phenoxy) is 1. The quantitative estimate of drug-likeness (QED) is 0.686. The molecule has 0 unspecified atom stereocenters. The minimum atomic E-state index is -4.58. The van der Waals surface area contributed by atoms with Crippen LogP contribution in [0.5, 0.6) is 0 Å². The predicted octanol–water partition coefficient (Wildman–Crippen LogP) is 4.60. The van der Waals surface area contributed by atoms with E-state index in [9.17, 15) is 22.8 Å². The predicted molar refractivity (Wildman–Crippen MR) is 107 cm³/mol. The molecule has 30 heavy (non-hydrogen) atoms. The third-order valence-corrected chi connectivity index (χ3v) is 6.05. The summed E-state index contributed by atoms with van der Waals surface area (Å²) in [6.07, 6.45) is -2.43. The van der Waals surface area contributed by atoms with Crippen molar-refractivity contribution in [3.8, 4) is 0 Å². The average Bonchev–Trinajstić information content (AvgIpc) is 3.13. The number of amides is 1. The molecular formula is C20H24F3N3O3S. The topological polar surface area (TPSA) is 73.2 Å². The highest BCUT2D eigenvalue weighted by molar-refractivity contribution is 7.17. The molecule has 1 N–H and O–H groups in total. The van der Waals surface area contributed by atoms with Gasteiger partial charge in [0, 0.05) is 10.6 Å². The van der Waals surface area contributed by atoms with Crippen molar-refractivity contribution in [2.75, 3.05) is 5.32 Å². The number of nitrogens with zero attached hydrogens (tertiary/aromatic N) is 2. The SMILES string of the molecule is Cc1cc(C(F)(F)F)nn1CC(=O)Nc1sc2c(c1C(=O)OC(C)C)CC[C@@H](C)C2. The van der Waals surface area contributed by atoms with Crippen molar-refractivity contribution in [2.45, 2.75) is 65.8 Å². The van der Waals surface area contributed by atoms with E-state index in [1.54, 1.807) is 13.8 Å². The van der Waals surface area contributed by atoms with Crippen LogP contribution in [0.25, 0.3) is 0 Å². The molecule has 2 aromatic heterocycles. The van der Waals surface area contributed by atoms with Crippen LogP contribution in [0, 0.1) is 12.8 Å². The fourth-order valence-electron chi connectivity index (χ4n) is 3.44. The van der Waals surface area contributed by atoms with Gasteiger partial charge in [-0.15, -0.1) is 11.3 Å². The molecule has 10 heteroatoms. The third-order valence-electron chi connectivity index (χ3n) is 4.88. The van der Waals surface area contributed by atoms with Crippen molar-refractivity contribution in [1.82, 2.24) is 9.78 Å². The van der Waals surface area contributed by atoms with Gasteiger partial charge in [-0.1, -0.05) is 6.92 Å². The Balaban J connectivity index is 1.84. The summed E-state index contributed by atoms with van der Waals surface area (Å²) >= 11 is 1.33. The van der Waals surface area contributed by atoms with E-state index in [0.717, 1.165) is 40.5 Å². The second-order valence-electron chi connectivity index (χ2n) is 7.88. The molecule has 2 heterocycles. The summed E-state index contributed by atoms with van der Waals surface area (Å²) < 4.78 is 44.9. The van der Waals surface area contributed by atoms with Gasteiger partial charge < -0.3 is 10.1 Å². The molecule has 0 bridgehead atoms. The number of carbonyl (C=O) groups is 2. The third kappa shape index (κ3) is 4.85. The Kier molecular flexibility index (Phi) is 6.26. The van der Waals surface area contributed by atoms with Crippen molar-refractivity contribution < 1.29 is 27.5 Å².